The van der Waals surface area contributed by atoms with Gasteiger partial charge in [0.05, 0.1) is 6.54 Å². The molecule has 6 nitrogen and oxygen atoms in total. The second kappa shape index (κ2) is 5.48. The fourth-order valence-electron chi connectivity index (χ4n) is 1.68. The molecule has 6 heteroatoms. The first-order valence-corrected chi connectivity index (χ1v) is 6.02. The van der Waals surface area contributed by atoms with Gasteiger partial charge in [-0.1, -0.05) is 6.92 Å². The summed E-state index contributed by atoms with van der Waals surface area (Å²) in [7, 11) is 1.96. The van der Waals surface area contributed by atoms with Crippen LogP contribution >= 0.6 is 0 Å². The van der Waals surface area contributed by atoms with Gasteiger partial charge in [-0.05, 0) is 6.42 Å². The molecule has 0 spiro atoms. The molecule has 2 rings (SSSR count). The molecule has 0 aromatic carbocycles. The van der Waals surface area contributed by atoms with E-state index in [0.29, 0.717) is 12.4 Å². The quantitative estimate of drug-likeness (QED) is 0.832. The number of nitrogens with one attached hydrogen (secondary N) is 1. The highest BCUT2D eigenvalue weighted by atomic mass is 15.1. The molecular weight excluding hydrogens is 228 g/mol. The summed E-state index contributed by atoms with van der Waals surface area (Å²) >= 11 is 0. The van der Waals surface area contributed by atoms with Crippen molar-refractivity contribution >= 4 is 11.6 Å². The van der Waals surface area contributed by atoms with Crippen LogP contribution in [-0.4, -0.2) is 19.5 Å². The van der Waals surface area contributed by atoms with Crippen molar-refractivity contribution < 1.29 is 0 Å². The average molecular weight is 246 g/mol. The molecule has 0 atom stereocenters. The third-order valence-electron chi connectivity index (χ3n) is 2.61. The van der Waals surface area contributed by atoms with Gasteiger partial charge in [0.15, 0.2) is 0 Å². The van der Waals surface area contributed by atoms with E-state index in [1.165, 1.54) is 0 Å². The van der Waals surface area contributed by atoms with Crippen LogP contribution in [-0.2, 0) is 20.0 Å². The first kappa shape index (κ1) is 12.3. The van der Waals surface area contributed by atoms with Crippen LogP contribution in [0.1, 0.15) is 25.0 Å². The Balaban J connectivity index is 2.07. The zero-order valence-electron chi connectivity index (χ0n) is 10.7. The SMILES string of the molecule is CCCc1nc(N)cc(NCc2nccn2C)n1. The summed E-state index contributed by atoms with van der Waals surface area (Å²) in [6.45, 7) is 2.71. The van der Waals surface area contributed by atoms with Gasteiger partial charge in [-0.2, -0.15) is 0 Å². The van der Waals surface area contributed by atoms with Crippen molar-refractivity contribution in [3.05, 3.63) is 30.1 Å². The molecule has 3 N–H and O–H groups in total. The number of hydrogen-bond acceptors (Lipinski definition) is 5. The van der Waals surface area contributed by atoms with Crippen LogP contribution in [0.15, 0.2) is 18.5 Å². The van der Waals surface area contributed by atoms with Gasteiger partial charge in [0.2, 0.25) is 0 Å². The molecule has 2 heterocycles. The van der Waals surface area contributed by atoms with E-state index in [2.05, 4.69) is 27.2 Å². The summed E-state index contributed by atoms with van der Waals surface area (Å²) in [6, 6.07) is 1.74. The van der Waals surface area contributed by atoms with Crippen molar-refractivity contribution in [1.82, 2.24) is 19.5 Å². The molecule has 0 unspecified atom stereocenters. The smallest absolute Gasteiger partial charge is 0.133 e. The van der Waals surface area contributed by atoms with E-state index in [1.807, 2.05) is 17.8 Å². The largest absolute Gasteiger partial charge is 0.384 e. The summed E-state index contributed by atoms with van der Waals surface area (Å²) in [5.41, 5.74) is 5.76. The summed E-state index contributed by atoms with van der Waals surface area (Å²) in [6.07, 6.45) is 5.52. The molecule has 0 aliphatic heterocycles. The molecule has 0 saturated heterocycles. The number of imidazole rings is 1. The Bertz CT molecular complexity index is 519. The zero-order chi connectivity index (χ0) is 13.0. The Hall–Kier alpha value is -2.11. The first-order valence-electron chi connectivity index (χ1n) is 6.02. The minimum absolute atomic E-state index is 0.496. The van der Waals surface area contributed by atoms with Gasteiger partial charge in [-0.15, -0.1) is 0 Å². The van der Waals surface area contributed by atoms with Crippen LogP contribution in [0, 0.1) is 0 Å². The van der Waals surface area contributed by atoms with E-state index >= 15 is 0 Å². The number of rotatable bonds is 5. The molecule has 0 radical (unpaired) electrons. The van der Waals surface area contributed by atoms with Crippen LogP contribution in [0.25, 0.3) is 0 Å². The van der Waals surface area contributed by atoms with Gasteiger partial charge in [-0.25, -0.2) is 15.0 Å². The third-order valence-corrected chi connectivity index (χ3v) is 2.61. The van der Waals surface area contributed by atoms with Crippen molar-refractivity contribution in [2.75, 3.05) is 11.1 Å². The van der Waals surface area contributed by atoms with E-state index in [0.717, 1.165) is 30.3 Å². The number of nitrogens with zero attached hydrogens (tertiary/aromatic N) is 4. The van der Waals surface area contributed by atoms with E-state index in [1.54, 1.807) is 12.3 Å². The predicted octanol–water partition coefficient (Wildman–Crippen LogP) is 1.36. The molecule has 0 saturated carbocycles. The van der Waals surface area contributed by atoms with Crippen LogP contribution in [0.4, 0.5) is 11.6 Å². The van der Waals surface area contributed by atoms with Crippen molar-refractivity contribution in [2.24, 2.45) is 7.05 Å². The lowest BCUT2D eigenvalue weighted by Gasteiger charge is -2.08. The van der Waals surface area contributed by atoms with Crippen molar-refractivity contribution in [3.8, 4) is 0 Å². The number of aromatic nitrogens is 4. The van der Waals surface area contributed by atoms with Crippen molar-refractivity contribution in [3.63, 3.8) is 0 Å². The normalized spacial score (nSPS) is 10.6. The summed E-state index contributed by atoms with van der Waals surface area (Å²) in [4.78, 5) is 12.8. The van der Waals surface area contributed by atoms with Gasteiger partial charge in [0.1, 0.15) is 23.3 Å². The van der Waals surface area contributed by atoms with E-state index < -0.39 is 0 Å². The molecule has 18 heavy (non-hydrogen) atoms. The molecule has 0 bridgehead atoms. The standard InChI is InChI=1S/C12H18N6/c1-3-4-10-16-9(13)7-11(17-10)15-8-12-14-5-6-18(12)2/h5-7H,3-4,8H2,1-2H3,(H3,13,15,16,17). The maximum absolute atomic E-state index is 5.76. The Morgan fingerprint density at radius 2 is 2.22 bits per heavy atom. The second-order valence-electron chi connectivity index (χ2n) is 4.15. The lowest BCUT2D eigenvalue weighted by molar-refractivity contribution is 0.803. The summed E-state index contributed by atoms with van der Waals surface area (Å²) < 4.78 is 1.96. The predicted molar refractivity (Wildman–Crippen MR) is 71.0 cm³/mol. The number of nitrogen functional groups attached to an aromatic ring is 1. The zero-order valence-corrected chi connectivity index (χ0v) is 10.7. The first-order chi connectivity index (χ1) is 8.69. The van der Waals surface area contributed by atoms with Crippen LogP contribution < -0.4 is 11.1 Å². The molecule has 2 aromatic heterocycles. The molecule has 0 fully saturated rings. The summed E-state index contributed by atoms with van der Waals surface area (Å²) in [5.74, 6) is 2.97. The summed E-state index contributed by atoms with van der Waals surface area (Å²) in [5, 5.41) is 3.21. The van der Waals surface area contributed by atoms with Crippen LogP contribution in [0.2, 0.25) is 0 Å². The highest BCUT2D eigenvalue weighted by molar-refractivity contribution is 5.44. The molecule has 2 aromatic rings. The molecule has 96 valence electrons. The fraction of sp³-hybridized carbons (Fsp3) is 0.417. The van der Waals surface area contributed by atoms with E-state index in [4.69, 9.17) is 5.73 Å². The highest BCUT2D eigenvalue weighted by Crippen LogP contribution is 2.10. The Kier molecular flexibility index (Phi) is 3.76. The van der Waals surface area contributed by atoms with Gasteiger partial charge in [0.25, 0.3) is 0 Å². The minimum Gasteiger partial charge on any atom is -0.384 e. The van der Waals surface area contributed by atoms with Crippen molar-refractivity contribution in [2.45, 2.75) is 26.3 Å². The van der Waals surface area contributed by atoms with Gasteiger partial charge in [-0.3, -0.25) is 0 Å². The van der Waals surface area contributed by atoms with E-state index in [9.17, 15) is 0 Å². The lowest BCUT2D eigenvalue weighted by Crippen LogP contribution is -2.09. The maximum atomic E-state index is 5.76. The average Bonchev–Trinajstić information content (AvgIpc) is 2.72. The van der Waals surface area contributed by atoms with Crippen molar-refractivity contribution in [1.29, 1.82) is 0 Å². The highest BCUT2D eigenvalue weighted by Gasteiger charge is 2.03. The Morgan fingerprint density at radius 1 is 1.39 bits per heavy atom. The molecule has 0 amide bonds. The topological polar surface area (TPSA) is 81.6 Å². The number of aryl methyl sites for hydroxylation is 2. The monoisotopic (exact) mass is 246 g/mol. The van der Waals surface area contributed by atoms with E-state index in [-0.39, 0.29) is 0 Å². The lowest BCUT2D eigenvalue weighted by atomic mass is 10.3. The number of anilines is 2. The fourth-order valence-corrected chi connectivity index (χ4v) is 1.68. The number of hydrogen-bond donors (Lipinski definition) is 2. The van der Waals surface area contributed by atoms with Gasteiger partial charge < -0.3 is 15.6 Å². The maximum Gasteiger partial charge on any atom is 0.133 e. The third kappa shape index (κ3) is 2.97. The second-order valence-corrected chi connectivity index (χ2v) is 4.15. The Morgan fingerprint density at radius 3 is 2.89 bits per heavy atom. The molecule has 0 aliphatic carbocycles. The van der Waals surface area contributed by atoms with Crippen LogP contribution in [0.3, 0.4) is 0 Å². The Labute approximate surface area is 106 Å². The minimum atomic E-state index is 0.496. The van der Waals surface area contributed by atoms with Crippen LogP contribution in [0.5, 0.6) is 0 Å². The van der Waals surface area contributed by atoms with Gasteiger partial charge >= 0.3 is 0 Å². The molecular formula is C12H18N6. The number of nitrogens with two attached hydrogens (primary N) is 1. The van der Waals surface area contributed by atoms with Gasteiger partial charge in [0, 0.05) is 31.9 Å². The molecule has 0 aliphatic rings.